The van der Waals surface area contributed by atoms with Gasteiger partial charge in [0.2, 0.25) is 0 Å². The summed E-state index contributed by atoms with van der Waals surface area (Å²) < 4.78 is 42.3. The first-order valence-corrected chi connectivity index (χ1v) is 12.2. The molecule has 0 aliphatic heterocycles. The van der Waals surface area contributed by atoms with Crippen LogP contribution in [0, 0.1) is 6.92 Å². The van der Waals surface area contributed by atoms with E-state index in [9.17, 15) is 18.0 Å². The fourth-order valence-electron chi connectivity index (χ4n) is 2.76. The second-order valence-corrected chi connectivity index (χ2v) is 10.3. The minimum atomic E-state index is -3.63. The number of hydrogen-bond donors (Lipinski definition) is 0. The highest BCUT2D eigenvalue weighted by Crippen LogP contribution is 2.26. The molecule has 3 aromatic rings. The van der Waals surface area contributed by atoms with Crippen LogP contribution in [0.4, 0.5) is 5.69 Å². The van der Waals surface area contributed by atoms with Crippen molar-refractivity contribution in [1.29, 1.82) is 0 Å². The van der Waals surface area contributed by atoms with E-state index < -0.39 is 29.2 Å². The van der Waals surface area contributed by atoms with Gasteiger partial charge in [0.1, 0.15) is 21.5 Å². The Hall–Kier alpha value is -3.31. The number of rotatable bonds is 10. The van der Waals surface area contributed by atoms with E-state index in [0.29, 0.717) is 17.2 Å². The van der Waals surface area contributed by atoms with Crippen LogP contribution in [-0.2, 0) is 30.9 Å². The van der Waals surface area contributed by atoms with Crippen LogP contribution in [-0.4, -0.2) is 52.5 Å². The van der Waals surface area contributed by atoms with Gasteiger partial charge >= 0.3 is 5.97 Å². The third-order valence-electron chi connectivity index (χ3n) is 4.64. The Kier molecular flexibility index (Phi) is 7.77. The van der Waals surface area contributed by atoms with Gasteiger partial charge in [-0.15, -0.1) is 11.3 Å². The van der Waals surface area contributed by atoms with Crippen LogP contribution in [0.1, 0.15) is 11.5 Å². The fraction of sp³-hybridized carbons (Fsp3) is 0.273. The number of nitrogens with zero attached hydrogens (tertiary/aromatic N) is 2. The smallest absolute Gasteiger partial charge is 0.344 e. The van der Waals surface area contributed by atoms with Crippen LogP contribution in [0.25, 0.3) is 0 Å². The Morgan fingerprint density at radius 1 is 1.03 bits per heavy atom. The average Bonchev–Trinajstić information content (AvgIpc) is 3.48. The van der Waals surface area contributed by atoms with Gasteiger partial charge in [-0.25, -0.2) is 13.2 Å². The van der Waals surface area contributed by atoms with Gasteiger partial charge in [-0.05, 0) is 54.8 Å². The van der Waals surface area contributed by atoms with Crippen molar-refractivity contribution >= 4 is 38.9 Å². The summed E-state index contributed by atoms with van der Waals surface area (Å²) in [5.74, 6) is 0.659. The lowest BCUT2D eigenvalue weighted by atomic mass is 10.3. The molecule has 3 rings (SSSR count). The summed E-state index contributed by atoms with van der Waals surface area (Å²) in [5.41, 5.74) is 0.443. The Morgan fingerprint density at radius 3 is 2.36 bits per heavy atom. The summed E-state index contributed by atoms with van der Waals surface area (Å²) in [6.45, 7) is 1.27. The highest BCUT2D eigenvalue weighted by atomic mass is 32.2. The maximum atomic E-state index is 12.6. The number of aryl methyl sites for hydroxylation is 1. The van der Waals surface area contributed by atoms with Crippen LogP contribution >= 0.6 is 11.3 Å². The van der Waals surface area contributed by atoms with E-state index in [4.69, 9.17) is 13.9 Å². The zero-order valence-electron chi connectivity index (χ0n) is 18.4. The number of ether oxygens (including phenoxy) is 2. The van der Waals surface area contributed by atoms with Gasteiger partial charge in [0.05, 0.1) is 12.2 Å². The third kappa shape index (κ3) is 6.36. The van der Waals surface area contributed by atoms with E-state index in [1.165, 1.54) is 16.3 Å². The molecule has 0 atom stereocenters. The van der Waals surface area contributed by atoms with Crippen LogP contribution in [0.3, 0.4) is 0 Å². The number of thiophene rings is 1. The summed E-state index contributed by atoms with van der Waals surface area (Å²) in [4.78, 5) is 25.4. The fourth-order valence-corrected chi connectivity index (χ4v) is 5.12. The highest BCUT2D eigenvalue weighted by molar-refractivity contribution is 7.94. The molecule has 1 amide bonds. The van der Waals surface area contributed by atoms with Gasteiger partial charge in [0, 0.05) is 14.1 Å². The number of furan rings is 1. The van der Waals surface area contributed by atoms with E-state index in [0.717, 1.165) is 17.1 Å². The van der Waals surface area contributed by atoms with Crippen molar-refractivity contribution in [3.05, 3.63) is 65.4 Å². The molecular weight excluding hydrogens is 468 g/mol. The van der Waals surface area contributed by atoms with Crippen LogP contribution in [0.15, 0.2) is 62.5 Å². The molecule has 0 fully saturated rings. The van der Waals surface area contributed by atoms with Crippen molar-refractivity contribution in [1.82, 2.24) is 4.90 Å². The van der Waals surface area contributed by atoms with Crippen molar-refractivity contribution in [2.75, 3.05) is 31.6 Å². The minimum Gasteiger partial charge on any atom is -0.482 e. The molecule has 0 saturated heterocycles. The lowest BCUT2D eigenvalue weighted by molar-refractivity contribution is -0.153. The predicted molar refractivity (Wildman–Crippen MR) is 123 cm³/mol. The molecular formula is C22H24N2O7S2. The van der Waals surface area contributed by atoms with Gasteiger partial charge in [-0.3, -0.25) is 9.10 Å². The topological polar surface area (TPSA) is 106 Å². The Morgan fingerprint density at radius 2 is 1.76 bits per heavy atom. The van der Waals surface area contributed by atoms with E-state index in [2.05, 4.69) is 0 Å². The van der Waals surface area contributed by atoms with Gasteiger partial charge in [-0.1, -0.05) is 6.07 Å². The predicted octanol–water partition coefficient (Wildman–Crippen LogP) is 3.06. The largest absolute Gasteiger partial charge is 0.482 e. The van der Waals surface area contributed by atoms with Crippen molar-refractivity contribution in [3.8, 4) is 5.75 Å². The zero-order chi connectivity index (χ0) is 24.0. The molecule has 0 saturated carbocycles. The normalized spacial score (nSPS) is 11.1. The summed E-state index contributed by atoms with van der Waals surface area (Å²) >= 11 is 1.14. The molecule has 0 N–H and O–H groups in total. The number of esters is 1. The Balaban J connectivity index is 1.45. The zero-order valence-corrected chi connectivity index (χ0v) is 20.0. The van der Waals surface area contributed by atoms with Crippen molar-refractivity contribution in [2.45, 2.75) is 17.7 Å². The Bertz CT molecular complexity index is 1190. The summed E-state index contributed by atoms with van der Waals surface area (Å²) in [6.07, 6.45) is 0. The molecule has 0 aliphatic carbocycles. The number of anilines is 1. The third-order valence-corrected chi connectivity index (χ3v) is 7.80. The van der Waals surface area contributed by atoms with Gasteiger partial charge in [0.15, 0.2) is 13.2 Å². The number of sulfonamides is 1. The number of carbonyl (C=O) groups excluding carboxylic acids is 2. The molecule has 0 unspecified atom stereocenters. The van der Waals surface area contributed by atoms with E-state index in [-0.39, 0.29) is 16.7 Å². The highest BCUT2D eigenvalue weighted by Gasteiger charge is 2.22. The Labute approximate surface area is 196 Å². The van der Waals surface area contributed by atoms with Gasteiger partial charge < -0.3 is 18.8 Å². The quantitative estimate of drug-likeness (QED) is 0.401. The van der Waals surface area contributed by atoms with E-state index in [1.54, 1.807) is 61.0 Å². The number of amides is 1. The second-order valence-electron chi connectivity index (χ2n) is 7.11. The molecule has 9 nitrogen and oxygen atoms in total. The summed E-state index contributed by atoms with van der Waals surface area (Å²) in [6, 6.07) is 13.0. The standard InChI is InChI=1S/C22H24N2O7S2/c1-16-6-9-19(31-16)13-23(2)20(25)14-30-21(26)15-29-18-10-7-17(8-11-18)24(3)33(27,28)22-5-4-12-32-22/h4-12H,13-15H2,1-3H3. The molecule has 33 heavy (non-hydrogen) atoms. The molecule has 0 spiro atoms. The first-order valence-electron chi connectivity index (χ1n) is 9.87. The lowest BCUT2D eigenvalue weighted by Gasteiger charge is -2.18. The first-order chi connectivity index (χ1) is 15.7. The molecule has 0 aliphatic rings. The average molecular weight is 493 g/mol. The maximum Gasteiger partial charge on any atom is 0.344 e. The maximum absolute atomic E-state index is 12.6. The first kappa shape index (κ1) is 24.3. The minimum absolute atomic E-state index is 0.243. The molecule has 1 aromatic carbocycles. The van der Waals surface area contributed by atoms with Crippen LogP contribution < -0.4 is 9.04 Å². The number of likely N-dealkylation sites (N-methyl/N-ethyl adjacent to an activating group) is 1. The monoisotopic (exact) mass is 492 g/mol. The number of benzene rings is 1. The summed E-state index contributed by atoms with van der Waals surface area (Å²) in [7, 11) is -0.587. The van der Waals surface area contributed by atoms with Crippen molar-refractivity contribution in [2.24, 2.45) is 0 Å². The lowest BCUT2D eigenvalue weighted by Crippen LogP contribution is -2.31. The van der Waals surface area contributed by atoms with E-state index in [1.807, 2.05) is 6.92 Å². The van der Waals surface area contributed by atoms with Crippen molar-refractivity contribution < 1.29 is 31.9 Å². The second kappa shape index (κ2) is 10.5. The molecule has 0 bridgehead atoms. The molecule has 2 aromatic heterocycles. The summed E-state index contributed by atoms with van der Waals surface area (Å²) in [5, 5.41) is 1.70. The van der Waals surface area contributed by atoms with Gasteiger partial charge in [0.25, 0.3) is 15.9 Å². The number of hydrogen-bond acceptors (Lipinski definition) is 8. The van der Waals surface area contributed by atoms with Crippen LogP contribution in [0.2, 0.25) is 0 Å². The molecule has 176 valence electrons. The molecule has 11 heteroatoms. The van der Waals surface area contributed by atoms with Crippen LogP contribution in [0.5, 0.6) is 5.75 Å². The van der Waals surface area contributed by atoms with Gasteiger partial charge in [-0.2, -0.15) is 0 Å². The SMILES string of the molecule is Cc1ccc(CN(C)C(=O)COC(=O)COc2ccc(N(C)S(=O)(=O)c3cccs3)cc2)o1. The van der Waals surface area contributed by atoms with Crippen molar-refractivity contribution in [3.63, 3.8) is 0 Å². The molecule has 2 heterocycles. The van der Waals surface area contributed by atoms with E-state index >= 15 is 0 Å². The number of carbonyl (C=O) groups is 2. The molecule has 0 radical (unpaired) electrons.